The van der Waals surface area contributed by atoms with Gasteiger partial charge in [0.2, 0.25) is 15.2 Å². The van der Waals surface area contributed by atoms with E-state index in [1.807, 2.05) is 25.1 Å². The van der Waals surface area contributed by atoms with Crippen molar-refractivity contribution in [1.82, 2.24) is 0 Å². The Kier molecular flexibility index (Phi) is 3.89. The Morgan fingerprint density at radius 3 is 2.29 bits per heavy atom. The van der Waals surface area contributed by atoms with Gasteiger partial charge in [-0.2, -0.15) is 0 Å². The molecule has 7 heteroatoms. The van der Waals surface area contributed by atoms with Crippen molar-refractivity contribution in [3.05, 3.63) is 36.4 Å². The third kappa shape index (κ3) is 2.57. The zero-order chi connectivity index (χ0) is 15.8. The molecule has 2 aromatic rings. The summed E-state index contributed by atoms with van der Waals surface area (Å²) in [4.78, 5) is 12.7. The van der Waals surface area contributed by atoms with E-state index < -0.39 is 21.2 Å². The number of hydrogen-bond acceptors (Lipinski definition) is 5. The van der Waals surface area contributed by atoms with Crippen LogP contribution in [0.1, 0.15) is 0 Å². The van der Waals surface area contributed by atoms with Crippen LogP contribution in [-0.4, -0.2) is 39.0 Å². The van der Waals surface area contributed by atoms with E-state index in [9.17, 15) is 13.2 Å². The third-order valence-electron chi connectivity index (χ3n) is 3.23. The molecule has 0 radical (unpaired) electrons. The van der Waals surface area contributed by atoms with E-state index in [4.69, 9.17) is 10.8 Å². The average Bonchev–Trinajstić information content (AvgIpc) is 2.44. The van der Waals surface area contributed by atoms with Crippen molar-refractivity contribution < 1.29 is 18.3 Å². The summed E-state index contributed by atoms with van der Waals surface area (Å²) in [6.07, 6.45) is 0. The Morgan fingerprint density at radius 1 is 1.14 bits per heavy atom. The van der Waals surface area contributed by atoms with Crippen molar-refractivity contribution in [2.24, 2.45) is 5.73 Å². The number of carbonyl (C=O) groups is 1. The molecule has 0 amide bonds. The van der Waals surface area contributed by atoms with Crippen LogP contribution in [-0.2, 0) is 14.6 Å². The van der Waals surface area contributed by atoms with Gasteiger partial charge in [0, 0.05) is 30.6 Å². The highest BCUT2D eigenvalue weighted by Crippen LogP contribution is 2.31. The van der Waals surface area contributed by atoms with E-state index >= 15 is 0 Å². The second-order valence-electron chi connectivity index (χ2n) is 4.83. The van der Waals surface area contributed by atoms with E-state index in [0.29, 0.717) is 5.39 Å². The number of nitrogens with two attached hydrogens (primary N) is 1. The van der Waals surface area contributed by atoms with Crippen LogP contribution in [0.2, 0.25) is 0 Å². The molecule has 1 unspecified atom stereocenters. The molecule has 2 aromatic carbocycles. The van der Waals surface area contributed by atoms with Gasteiger partial charge in [-0.25, -0.2) is 13.2 Å². The van der Waals surface area contributed by atoms with Crippen molar-refractivity contribution in [3.63, 3.8) is 0 Å². The molecule has 0 aliphatic heterocycles. The fourth-order valence-corrected chi connectivity index (χ4v) is 3.46. The number of aliphatic carboxylic acids is 1. The molecule has 0 saturated carbocycles. The van der Waals surface area contributed by atoms with Crippen LogP contribution < -0.4 is 10.6 Å². The summed E-state index contributed by atoms with van der Waals surface area (Å²) < 4.78 is 24.7. The first kappa shape index (κ1) is 15.3. The fraction of sp³-hybridized carbons (Fsp3) is 0.214. The summed E-state index contributed by atoms with van der Waals surface area (Å²) in [5, 5.41) is 8.08. The highest BCUT2D eigenvalue weighted by molar-refractivity contribution is 7.93. The van der Waals surface area contributed by atoms with Gasteiger partial charge >= 0.3 is 5.97 Å². The minimum atomic E-state index is -4.15. The molecule has 6 nitrogen and oxygen atoms in total. The van der Waals surface area contributed by atoms with Gasteiger partial charge in [-0.3, -0.25) is 0 Å². The summed E-state index contributed by atoms with van der Waals surface area (Å²) in [6, 6.07) is 9.97. The monoisotopic (exact) mass is 308 g/mol. The zero-order valence-corrected chi connectivity index (χ0v) is 12.5. The molecule has 0 saturated heterocycles. The Balaban J connectivity index is 2.78. The lowest BCUT2D eigenvalue weighted by Gasteiger charge is -2.17. The van der Waals surface area contributed by atoms with Crippen LogP contribution in [0.4, 0.5) is 5.69 Å². The van der Waals surface area contributed by atoms with Crippen LogP contribution in [0, 0.1) is 0 Å². The minimum Gasteiger partial charge on any atom is -0.479 e. The largest absolute Gasteiger partial charge is 0.479 e. The Morgan fingerprint density at radius 2 is 1.71 bits per heavy atom. The van der Waals surface area contributed by atoms with E-state index in [2.05, 4.69) is 0 Å². The summed E-state index contributed by atoms with van der Waals surface area (Å²) >= 11 is 0. The fourth-order valence-electron chi connectivity index (χ4n) is 2.17. The number of anilines is 1. The van der Waals surface area contributed by atoms with Crippen molar-refractivity contribution in [2.75, 3.05) is 19.0 Å². The third-order valence-corrected chi connectivity index (χ3v) is 5.06. The zero-order valence-electron chi connectivity index (χ0n) is 11.6. The Hall–Kier alpha value is -2.12. The number of carboxylic acid groups (broad SMARTS) is 1. The van der Waals surface area contributed by atoms with Crippen molar-refractivity contribution in [3.8, 4) is 0 Å². The maximum absolute atomic E-state index is 12.3. The van der Waals surface area contributed by atoms with E-state index in [0.717, 1.165) is 11.1 Å². The number of fused-ring (bicyclic) bond motifs is 1. The quantitative estimate of drug-likeness (QED) is 0.875. The topological polar surface area (TPSA) is 101 Å². The lowest BCUT2D eigenvalue weighted by Crippen LogP contribution is -2.38. The second kappa shape index (κ2) is 5.34. The Bertz CT molecular complexity index is 800. The molecule has 3 N–H and O–H groups in total. The first-order valence-electron chi connectivity index (χ1n) is 6.18. The molecule has 0 heterocycles. The van der Waals surface area contributed by atoms with Gasteiger partial charge < -0.3 is 15.7 Å². The second-order valence-corrected chi connectivity index (χ2v) is 6.86. The summed E-state index contributed by atoms with van der Waals surface area (Å²) in [5.74, 6) is -1.57. The van der Waals surface area contributed by atoms with Gasteiger partial charge in [-0.15, -0.1) is 0 Å². The SMILES string of the molecule is CN(C)c1cccc2c(S(=O)(=O)C(N)C(=O)O)cccc12. The lowest BCUT2D eigenvalue weighted by atomic mass is 10.1. The minimum absolute atomic E-state index is 0.0707. The molecule has 1 atom stereocenters. The molecule has 21 heavy (non-hydrogen) atoms. The van der Waals surface area contributed by atoms with Crippen LogP contribution >= 0.6 is 0 Å². The summed E-state index contributed by atoms with van der Waals surface area (Å²) in [7, 11) is -0.455. The Labute approximate surface area is 122 Å². The molecule has 2 rings (SSSR count). The predicted octanol–water partition coefficient (Wildman–Crippen LogP) is 1.05. The average molecular weight is 308 g/mol. The molecular formula is C14H16N2O4S. The number of hydrogen-bond donors (Lipinski definition) is 2. The maximum atomic E-state index is 12.3. The van der Waals surface area contributed by atoms with E-state index in [1.54, 1.807) is 24.3 Å². The van der Waals surface area contributed by atoms with Crippen molar-refractivity contribution in [1.29, 1.82) is 0 Å². The molecule has 0 spiro atoms. The lowest BCUT2D eigenvalue weighted by molar-refractivity contribution is -0.136. The first-order chi connectivity index (χ1) is 9.76. The van der Waals surface area contributed by atoms with Gasteiger partial charge in [-0.1, -0.05) is 24.3 Å². The molecular weight excluding hydrogens is 292 g/mol. The summed E-state index contributed by atoms with van der Waals surface area (Å²) in [5.41, 5.74) is 6.16. The molecule has 0 aliphatic carbocycles. The molecule has 0 aliphatic rings. The standard InChI is InChI=1S/C14H16N2O4S/c1-16(2)11-7-3-6-10-9(11)5-4-8-12(10)21(19,20)13(15)14(17)18/h3-8,13H,15H2,1-2H3,(H,17,18). The molecule has 0 fully saturated rings. The van der Waals surface area contributed by atoms with Crippen molar-refractivity contribution in [2.45, 2.75) is 10.3 Å². The van der Waals surface area contributed by atoms with Crippen LogP contribution in [0.3, 0.4) is 0 Å². The number of benzene rings is 2. The summed E-state index contributed by atoms with van der Waals surface area (Å²) in [6.45, 7) is 0. The van der Waals surface area contributed by atoms with Gasteiger partial charge in [0.15, 0.2) is 0 Å². The first-order valence-corrected chi connectivity index (χ1v) is 7.73. The van der Waals surface area contributed by atoms with Gasteiger partial charge in [0.25, 0.3) is 0 Å². The predicted molar refractivity (Wildman–Crippen MR) is 81.1 cm³/mol. The highest BCUT2D eigenvalue weighted by Gasteiger charge is 2.31. The van der Waals surface area contributed by atoms with E-state index in [1.165, 1.54) is 6.07 Å². The molecule has 0 aromatic heterocycles. The van der Waals surface area contributed by atoms with Gasteiger partial charge in [0.1, 0.15) is 0 Å². The van der Waals surface area contributed by atoms with Crippen molar-refractivity contribution >= 4 is 32.3 Å². The smallest absolute Gasteiger partial charge is 0.336 e. The van der Waals surface area contributed by atoms with Crippen LogP contribution in [0.25, 0.3) is 10.8 Å². The number of nitrogens with zero attached hydrogens (tertiary/aromatic N) is 1. The highest BCUT2D eigenvalue weighted by atomic mass is 32.2. The van der Waals surface area contributed by atoms with E-state index in [-0.39, 0.29) is 4.90 Å². The molecule has 0 bridgehead atoms. The van der Waals surface area contributed by atoms with Gasteiger partial charge in [0.05, 0.1) is 4.90 Å². The van der Waals surface area contributed by atoms with Crippen LogP contribution in [0.15, 0.2) is 41.3 Å². The molecule has 112 valence electrons. The number of sulfone groups is 1. The number of carboxylic acids is 1. The number of rotatable bonds is 4. The van der Waals surface area contributed by atoms with Crippen LogP contribution in [0.5, 0.6) is 0 Å². The normalized spacial score (nSPS) is 13.1. The van der Waals surface area contributed by atoms with Gasteiger partial charge in [-0.05, 0) is 12.1 Å². The maximum Gasteiger partial charge on any atom is 0.336 e.